The predicted molar refractivity (Wildman–Crippen MR) is 102 cm³/mol. The van der Waals surface area contributed by atoms with E-state index in [1.54, 1.807) is 27.7 Å². The van der Waals surface area contributed by atoms with E-state index in [9.17, 15) is 9.13 Å². The molecule has 0 aliphatic carbocycles. The van der Waals surface area contributed by atoms with E-state index in [0.29, 0.717) is 0 Å². The maximum absolute atomic E-state index is 13.5. The Labute approximate surface area is 157 Å². The fourth-order valence-electron chi connectivity index (χ4n) is 2.64. The molecule has 0 unspecified atom stereocenters. The van der Waals surface area contributed by atoms with Gasteiger partial charge in [-0.15, -0.1) is 0 Å². The third kappa shape index (κ3) is 6.26. The van der Waals surface area contributed by atoms with Crippen molar-refractivity contribution < 1.29 is 31.8 Å². The first-order valence-electron chi connectivity index (χ1n) is 9.14. The van der Waals surface area contributed by atoms with Crippen LogP contribution in [0.5, 0.6) is 0 Å². The molecule has 0 N–H and O–H groups in total. The Morgan fingerprint density at radius 2 is 1.35 bits per heavy atom. The van der Waals surface area contributed by atoms with Crippen molar-refractivity contribution in [3.63, 3.8) is 0 Å². The van der Waals surface area contributed by atoms with Crippen LogP contribution in [-0.2, 0) is 40.2 Å². The van der Waals surface area contributed by atoms with Crippen LogP contribution >= 0.6 is 15.2 Å². The number of pyridine rings is 1. The van der Waals surface area contributed by atoms with Gasteiger partial charge in [-0.2, -0.15) is 0 Å². The molecule has 26 heavy (non-hydrogen) atoms. The van der Waals surface area contributed by atoms with Gasteiger partial charge in [-0.1, -0.05) is 0 Å². The maximum atomic E-state index is 13.5. The lowest BCUT2D eigenvalue weighted by atomic mass is 10.2. The number of aryl methyl sites for hydroxylation is 1. The van der Waals surface area contributed by atoms with Gasteiger partial charge in [0.05, 0.1) is 26.4 Å². The van der Waals surface area contributed by atoms with Crippen molar-refractivity contribution >= 4 is 15.2 Å². The highest BCUT2D eigenvalue weighted by Gasteiger charge is 2.50. The molecule has 0 radical (unpaired) electrons. The van der Waals surface area contributed by atoms with Gasteiger partial charge in [-0.3, -0.25) is 9.13 Å². The van der Waals surface area contributed by atoms with E-state index >= 15 is 0 Å². The molecule has 150 valence electrons. The van der Waals surface area contributed by atoms with Crippen molar-refractivity contribution in [2.24, 2.45) is 0 Å². The average molecular weight is 408 g/mol. The van der Waals surface area contributed by atoms with Crippen LogP contribution in [0.4, 0.5) is 0 Å². The lowest BCUT2D eigenvalue weighted by Gasteiger charge is -2.31. The fourth-order valence-corrected chi connectivity index (χ4v) is 7.97. The first kappa shape index (κ1) is 23.5. The molecule has 0 atom stereocenters. The van der Waals surface area contributed by atoms with Crippen LogP contribution in [0.15, 0.2) is 24.5 Å². The highest BCUT2D eigenvalue weighted by atomic mass is 31.2. The maximum Gasteiger partial charge on any atom is 0.346 e. The molecule has 0 aliphatic rings. The monoisotopic (exact) mass is 408 g/mol. The second kappa shape index (κ2) is 11.3. The number of rotatable bonds is 13. The molecule has 0 spiro atoms. The van der Waals surface area contributed by atoms with Gasteiger partial charge < -0.3 is 18.1 Å². The molecule has 0 saturated carbocycles. The molecule has 0 saturated heterocycles. The zero-order valence-corrected chi connectivity index (χ0v) is 18.2. The summed E-state index contributed by atoms with van der Waals surface area (Å²) in [4.78, 5) is 0. The average Bonchev–Trinajstić information content (AvgIpc) is 2.60. The lowest BCUT2D eigenvalue weighted by molar-refractivity contribution is -0.693. The largest absolute Gasteiger partial charge is 0.346 e. The van der Waals surface area contributed by atoms with Gasteiger partial charge in [0.25, 0.3) is 0 Å². The van der Waals surface area contributed by atoms with Crippen LogP contribution in [0.1, 0.15) is 40.2 Å². The molecule has 0 aromatic carbocycles. The highest BCUT2D eigenvalue weighted by Crippen LogP contribution is 2.71. The summed E-state index contributed by atoms with van der Waals surface area (Å²) in [5.74, 6) is 0. The third-order valence-corrected chi connectivity index (χ3v) is 9.66. The first-order chi connectivity index (χ1) is 12.4. The minimum Gasteiger partial charge on any atom is -0.308 e. The predicted octanol–water partition coefficient (Wildman–Crippen LogP) is 4.39. The van der Waals surface area contributed by atoms with E-state index in [1.165, 1.54) is 0 Å². The molecule has 1 heterocycles. The van der Waals surface area contributed by atoms with Crippen LogP contribution in [0.3, 0.4) is 0 Å². The zero-order valence-electron chi connectivity index (χ0n) is 16.4. The summed E-state index contributed by atoms with van der Waals surface area (Å²) in [6.07, 6.45) is 4.07. The van der Waals surface area contributed by atoms with Crippen molar-refractivity contribution in [3.05, 3.63) is 30.1 Å². The molecule has 0 fully saturated rings. The Bertz CT molecular complexity index is 589. The zero-order chi connectivity index (χ0) is 19.6. The molecule has 0 aliphatic heterocycles. The van der Waals surface area contributed by atoms with Crippen LogP contribution in [-0.4, -0.2) is 31.8 Å². The van der Waals surface area contributed by atoms with Gasteiger partial charge in [0.1, 0.15) is 6.54 Å². The Kier molecular flexibility index (Phi) is 10.2. The van der Waals surface area contributed by atoms with Crippen molar-refractivity contribution in [1.82, 2.24) is 0 Å². The number of aromatic nitrogens is 1. The van der Waals surface area contributed by atoms with Crippen LogP contribution < -0.4 is 4.57 Å². The summed E-state index contributed by atoms with van der Waals surface area (Å²) in [7, 11) is -7.44. The van der Waals surface area contributed by atoms with Crippen molar-refractivity contribution in [2.45, 2.75) is 53.0 Å². The normalized spacial score (nSPS) is 12.7. The van der Waals surface area contributed by atoms with Crippen LogP contribution in [0.25, 0.3) is 0 Å². The fraction of sp³-hybridized carbons (Fsp3) is 0.706. The van der Waals surface area contributed by atoms with Gasteiger partial charge >= 0.3 is 15.2 Å². The molecule has 1 aromatic heterocycles. The van der Waals surface area contributed by atoms with E-state index in [4.69, 9.17) is 18.1 Å². The lowest BCUT2D eigenvalue weighted by Crippen LogP contribution is -2.32. The Morgan fingerprint density at radius 3 is 1.73 bits per heavy atom. The second-order valence-electron chi connectivity index (χ2n) is 5.48. The van der Waals surface area contributed by atoms with E-state index in [-0.39, 0.29) is 32.8 Å². The van der Waals surface area contributed by atoms with Crippen molar-refractivity contribution in [1.29, 1.82) is 0 Å². The topological polar surface area (TPSA) is 74.9 Å². The van der Waals surface area contributed by atoms with Crippen LogP contribution in [0, 0.1) is 0 Å². The first-order valence-corrected chi connectivity index (χ1v) is 12.4. The molecule has 7 nitrogen and oxygen atoms in total. The molecule has 0 bridgehead atoms. The highest BCUT2D eigenvalue weighted by molar-refractivity contribution is 7.72. The summed E-state index contributed by atoms with van der Waals surface area (Å²) >= 11 is 0. The number of hydrogen-bond donors (Lipinski definition) is 0. The molecular weight excluding hydrogens is 376 g/mol. The van der Waals surface area contributed by atoms with E-state index in [0.717, 1.165) is 12.1 Å². The Balaban J connectivity index is 3.38. The van der Waals surface area contributed by atoms with Gasteiger partial charge in [-0.25, -0.2) is 4.57 Å². The summed E-state index contributed by atoms with van der Waals surface area (Å²) in [5, 5.41) is -1.03. The molecule has 9 heteroatoms. The Morgan fingerprint density at radius 1 is 0.885 bits per heavy atom. The standard InChI is InChI=1S/C17H32NO6P2/c1-6-18-13-11-12-16(15-18)14-17(25(19,21-7-2)22-8-3)26(20,23-9-4)24-10-5/h11-13,15,17H,6-10,14H2,1-5H3/q+1. The van der Waals surface area contributed by atoms with E-state index in [1.807, 2.05) is 36.0 Å². The minimum absolute atomic E-state index is 0.176. The minimum atomic E-state index is -3.72. The van der Waals surface area contributed by atoms with Gasteiger partial charge in [0.2, 0.25) is 0 Å². The number of nitrogens with zero attached hydrogens (tertiary/aromatic N) is 1. The van der Waals surface area contributed by atoms with Gasteiger partial charge in [-0.05, 0) is 40.7 Å². The van der Waals surface area contributed by atoms with Gasteiger partial charge in [0, 0.05) is 18.1 Å². The number of hydrogen-bond acceptors (Lipinski definition) is 6. The summed E-state index contributed by atoms with van der Waals surface area (Å²) in [5.41, 5.74) is 0.860. The van der Waals surface area contributed by atoms with Crippen LogP contribution in [0.2, 0.25) is 0 Å². The van der Waals surface area contributed by atoms with Crippen molar-refractivity contribution in [2.75, 3.05) is 26.4 Å². The van der Waals surface area contributed by atoms with E-state index in [2.05, 4.69) is 0 Å². The molecular formula is C17H32NO6P2+. The summed E-state index contributed by atoms with van der Waals surface area (Å²) < 4.78 is 50.9. The summed E-state index contributed by atoms with van der Waals surface area (Å²) in [6.45, 7) is 10.4. The van der Waals surface area contributed by atoms with Gasteiger partial charge in [0.15, 0.2) is 17.8 Å². The second-order valence-corrected chi connectivity index (χ2v) is 10.3. The Hall–Kier alpha value is -0.550. The molecule has 1 rings (SSSR count). The molecule has 0 amide bonds. The summed E-state index contributed by atoms with van der Waals surface area (Å²) in [6, 6.07) is 3.79. The third-order valence-electron chi connectivity index (χ3n) is 3.67. The quantitative estimate of drug-likeness (QED) is 0.356. The SMILES string of the molecule is CCOP(=O)(OCC)C(Cc1ccc[n+](CC)c1)P(=O)(OCC)OCC. The van der Waals surface area contributed by atoms with Crippen molar-refractivity contribution in [3.8, 4) is 0 Å². The molecule has 1 aromatic rings. The smallest absolute Gasteiger partial charge is 0.308 e. The van der Waals surface area contributed by atoms with E-state index < -0.39 is 20.6 Å².